The second-order valence-electron chi connectivity index (χ2n) is 5.98. The predicted molar refractivity (Wildman–Crippen MR) is 85.0 cm³/mol. The minimum absolute atomic E-state index is 0.167. The summed E-state index contributed by atoms with van der Waals surface area (Å²) in [6, 6.07) is 5.37. The zero-order valence-corrected chi connectivity index (χ0v) is 13.8. The van der Waals surface area contributed by atoms with Crippen LogP contribution in [0.4, 0.5) is 23.8 Å². The number of nitro groups is 1. The van der Waals surface area contributed by atoms with E-state index >= 15 is 0 Å². The lowest BCUT2D eigenvalue weighted by molar-refractivity contribution is -0.402. The minimum Gasteiger partial charge on any atom is -0.404 e. The molecule has 1 aromatic heterocycles. The van der Waals surface area contributed by atoms with Crippen molar-refractivity contribution in [3.05, 3.63) is 63.9 Å². The fourth-order valence-electron chi connectivity index (χ4n) is 2.97. The van der Waals surface area contributed by atoms with Gasteiger partial charge in [-0.1, -0.05) is 30.3 Å². The number of carbonyl (C=O) groups excluding carboxylic acids is 2. The Kier molecular flexibility index (Phi) is 4.59. The van der Waals surface area contributed by atoms with Gasteiger partial charge in [0.05, 0.1) is 6.07 Å². The van der Waals surface area contributed by atoms with Gasteiger partial charge in [-0.3, -0.25) is 14.9 Å². The van der Waals surface area contributed by atoms with Crippen molar-refractivity contribution in [1.29, 1.82) is 0 Å². The molecule has 2 aromatic rings. The molecule has 1 aliphatic heterocycles. The number of hydrogen-bond acceptors (Lipinski definition) is 6. The number of alkyl halides is 3. The maximum Gasteiger partial charge on any atom is 0.437 e. The van der Waals surface area contributed by atoms with Crippen LogP contribution in [0.15, 0.2) is 46.9 Å². The highest BCUT2D eigenvalue weighted by Gasteiger charge is 2.67. The first kappa shape index (κ1) is 19.4. The second kappa shape index (κ2) is 6.64. The van der Waals surface area contributed by atoms with Crippen LogP contribution in [-0.2, 0) is 0 Å². The van der Waals surface area contributed by atoms with E-state index in [0.29, 0.717) is 0 Å². The summed E-state index contributed by atoms with van der Waals surface area (Å²) in [5.74, 6) is -4.77. The maximum atomic E-state index is 13.7. The molecule has 0 saturated carbocycles. The number of nitrogens with one attached hydrogen (secondary N) is 2. The van der Waals surface area contributed by atoms with Gasteiger partial charge in [-0.05, 0) is 6.07 Å². The van der Waals surface area contributed by atoms with E-state index in [0.717, 1.165) is 12.1 Å². The summed E-state index contributed by atoms with van der Waals surface area (Å²) in [7, 11) is 0. The number of amides is 2. The number of aliphatic hydroxyl groups is 1. The molecule has 28 heavy (non-hydrogen) atoms. The van der Waals surface area contributed by atoms with Crippen LogP contribution < -0.4 is 10.6 Å². The van der Waals surface area contributed by atoms with Crippen molar-refractivity contribution < 1.29 is 37.2 Å². The normalized spacial score (nSPS) is 24.9. The number of urea groups is 1. The molecule has 12 heteroatoms. The first-order valence-electron chi connectivity index (χ1n) is 7.76. The van der Waals surface area contributed by atoms with Crippen LogP contribution in [0.25, 0.3) is 0 Å². The molecule has 1 aromatic carbocycles. The van der Waals surface area contributed by atoms with E-state index in [1.165, 1.54) is 35.6 Å². The molecule has 1 aliphatic rings. The summed E-state index contributed by atoms with van der Waals surface area (Å²) in [5.41, 5.74) is -4.10. The van der Waals surface area contributed by atoms with E-state index in [4.69, 9.17) is 4.42 Å². The van der Waals surface area contributed by atoms with Crippen molar-refractivity contribution in [3.8, 4) is 0 Å². The molecular weight excluding hydrogens is 387 g/mol. The van der Waals surface area contributed by atoms with Crippen LogP contribution in [0, 0.1) is 16.0 Å². The highest BCUT2D eigenvalue weighted by molar-refractivity contribution is 6.00. The number of Topliss-reactive ketones (excluding diaryl/α,β-unsaturated/α-hetero) is 1. The van der Waals surface area contributed by atoms with E-state index in [-0.39, 0.29) is 5.56 Å². The first-order valence-corrected chi connectivity index (χ1v) is 7.76. The van der Waals surface area contributed by atoms with Crippen LogP contribution >= 0.6 is 0 Å². The fraction of sp³-hybridized carbons (Fsp3) is 0.250. The quantitative estimate of drug-likeness (QED) is 0.410. The molecule has 0 unspecified atom stereocenters. The molecule has 2 heterocycles. The summed E-state index contributed by atoms with van der Waals surface area (Å²) in [5, 5.41) is 24.5. The van der Waals surface area contributed by atoms with Crippen molar-refractivity contribution in [2.75, 3.05) is 0 Å². The molecule has 0 radical (unpaired) electrons. The topological polar surface area (TPSA) is 135 Å². The number of halogens is 3. The molecular formula is C16H12F3N3O6. The molecule has 3 rings (SSSR count). The highest BCUT2D eigenvalue weighted by Crippen LogP contribution is 2.44. The Balaban J connectivity index is 2.15. The van der Waals surface area contributed by atoms with Gasteiger partial charge in [0.25, 0.3) is 0 Å². The summed E-state index contributed by atoms with van der Waals surface area (Å²) >= 11 is 0. The second-order valence-corrected chi connectivity index (χ2v) is 5.98. The van der Waals surface area contributed by atoms with Gasteiger partial charge in [0.2, 0.25) is 5.72 Å². The van der Waals surface area contributed by atoms with Crippen LogP contribution in [0.2, 0.25) is 0 Å². The van der Waals surface area contributed by atoms with Crippen LogP contribution in [0.3, 0.4) is 0 Å². The van der Waals surface area contributed by atoms with Gasteiger partial charge in [0.15, 0.2) is 5.78 Å². The Labute approximate surface area is 154 Å². The van der Waals surface area contributed by atoms with Gasteiger partial charge in [-0.15, -0.1) is 0 Å². The SMILES string of the molecule is O=C1N[C@H](c2ccc([N+](=O)[O-])o2)[C@@H](C(=O)c2ccccc2)[C@@](O)(C(F)(F)F)N1. The Morgan fingerprint density at radius 3 is 2.39 bits per heavy atom. The lowest BCUT2D eigenvalue weighted by Gasteiger charge is -2.44. The summed E-state index contributed by atoms with van der Waals surface area (Å²) < 4.78 is 45.9. The first-order chi connectivity index (χ1) is 13.0. The van der Waals surface area contributed by atoms with Gasteiger partial charge in [-0.2, -0.15) is 13.2 Å². The van der Waals surface area contributed by atoms with Gasteiger partial charge >= 0.3 is 18.1 Å². The Hall–Kier alpha value is -3.41. The van der Waals surface area contributed by atoms with Gasteiger partial charge < -0.3 is 20.2 Å². The minimum atomic E-state index is -5.43. The number of benzene rings is 1. The van der Waals surface area contributed by atoms with Crippen LogP contribution in [0.1, 0.15) is 22.2 Å². The maximum absolute atomic E-state index is 13.7. The number of hydrogen-bond donors (Lipinski definition) is 3. The summed E-state index contributed by atoms with van der Waals surface area (Å²) in [6.07, 6.45) is -5.43. The van der Waals surface area contributed by atoms with E-state index < -0.39 is 52.2 Å². The van der Waals surface area contributed by atoms with Crippen molar-refractivity contribution in [1.82, 2.24) is 10.6 Å². The fourth-order valence-corrected chi connectivity index (χ4v) is 2.97. The van der Waals surface area contributed by atoms with E-state index in [1.54, 1.807) is 0 Å². The van der Waals surface area contributed by atoms with E-state index in [2.05, 4.69) is 5.32 Å². The summed E-state index contributed by atoms with van der Waals surface area (Å²) in [6.45, 7) is 0. The van der Waals surface area contributed by atoms with Crippen molar-refractivity contribution in [3.63, 3.8) is 0 Å². The standard InChI is InChI=1S/C16H12F3N3O6/c17-16(18,19)15(25)11(13(23)8-4-2-1-3-5-8)12(20-14(24)21-15)9-6-7-10(28-9)22(26)27/h1-7,11-12,25H,(H2,20,21,24)/t11-,12+,15+/m0/s1. The predicted octanol–water partition coefficient (Wildman–Crippen LogP) is 2.29. The molecule has 9 nitrogen and oxygen atoms in total. The average Bonchev–Trinajstić information content (AvgIpc) is 3.11. The largest absolute Gasteiger partial charge is 0.437 e. The molecule has 148 valence electrons. The van der Waals surface area contributed by atoms with Gasteiger partial charge in [0.1, 0.15) is 22.6 Å². The average molecular weight is 399 g/mol. The zero-order chi connectivity index (χ0) is 20.7. The molecule has 3 atom stereocenters. The van der Waals surface area contributed by atoms with Crippen molar-refractivity contribution in [2.45, 2.75) is 17.9 Å². The molecule has 2 amide bonds. The zero-order valence-electron chi connectivity index (χ0n) is 13.8. The van der Waals surface area contributed by atoms with Crippen LogP contribution in [-0.4, -0.2) is 33.7 Å². The number of furan rings is 1. The van der Waals surface area contributed by atoms with E-state index in [9.17, 15) is 38.0 Å². The third kappa shape index (κ3) is 3.17. The lowest BCUT2D eigenvalue weighted by atomic mass is 9.79. The molecule has 0 aliphatic carbocycles. The summed E-state index contributed by atoms with van der Waals surface area (Å²) in [4.78, 5) is 34.5. The highest BCUT2D eigenvalue weighted by atomic mass is 19.4. The number of carbonyl (C=O) groups is 2. The third-order valence-electron chi connectivity index (χ3n) is 4.25. The van der Waals surface area contributed by atoms with Crippen molar-refractivity contribution >= 4 is 17.7 Å². The molecule has 0 spiro atoms. The molecule has 1 saturated heterocycles. The smallest absolute Gasteiger partial charge is 0.404 e. The lowest BCUT2D eigenvalue weighted by Crippen LogP contribution is -2.72. The van der Waals surface area contributed by atoms with Crippen molar-refractivity contribution in [2.24, 2.45) is 5.92 Å². The Morgan fingerprint density at radius 1 is 1.21 bits per heavy atom. The monoisotopic (exact) mass is 399 g/mol. The molecule has 3 N–H and O–H groups in total. The Bertz CT molecular complexity index is 929. The van der Waals surface area contributed by atoms with Gasteiger partial charge in [-0.25, -0.2) is 4.79 Å². The number of nitrogens with zero attached hydrogens (tertiary/aromatic N) is 1. The number of ketones is 1. The Morgan fingerprint density at radius 2 is 1.86 bits per heavy atom. The van der Waals surface area contributed by atoms with Gasteiger partial charge in [0, 0.05) is 5.56 Å². The van der Waals surface area contributed by atoms with E-state index in [1.807, 2.05) is 0 Å². The number of rotatable bonds is 4. The third-order valence-corrected chi connectivity index (χ3v) is 4.25. The van der Waals surface area contributed by atoms with Crippen LogP contribution in [0.5, 0.6) is 0 Å². The molecule has 0 bridgehead atoms. The molecule has 1 fully saturated rings.